The molecule has 1 aromatic carbocycles. The monoisotopic (exact) mass is 330 g/mol. The van der Waals surface area contributed by atoms with E-state index in [4.69, 9.17) is 16.3 Å². The number of alkyl carbamates (subject to hydrolysis) is 1. The summed E-state index contributed by atoms with van der Waals surface area (Å²) in [4.78, 5) is 11.7. The lowest BCUT2D eigenvalue weighted by Crippen LogP contribution is -2.43. The van der Waals surface area contributed by atoms with Crippen molar-refractivity contribution < 1.29 is 13.9 Å². The summed E-state index contributed by atoms with van der Waals surface area (Å²) in [5.41, 5.74) is 0.241. The molecular formula is C16H24ClFN2O2. The topological polar surface area (TPSA) is 50.4 Å². The number of halogens is 2. The summed E-state index contributed by atoms with van der Waals surface area (Å²) in [6, 6.07) is 4.35. The van der Waals surface area contributed by atoms with Gasteiger partial charge in [-0.05, 0) is 51.0 Å². The maximum Gasteiger partial charge on any atom is 0.407 e. The summed E-state index contributed by atoms with van der Waals surface area (Å²) in [7, 11) is 0. The highest BCUT2D eigenvalue weighted by Gasteiger charge is 2.18. The van der Waals surface area contributed by atoms with Crippen LogP contribution >= 0.6 is 11.6 Å². The van der Waals surface area contributed by atoms with Crippen LogP contribution in [0.4, 0.5) is 9.18 Å². The highest BCUT2D eigenvalue weighted by Crippen LogP contribution is 2.14. The van der Waals surface area contributed by atoms with Crippen molar-refractivity contribution in [2.45, 2.75) is 52.3 Å². The Hall–Kier alpha value is -1.33. The van der Waals surface area contributed by atoms with Crippen molar-refractivity contribution in [3.63, 3.8) is 0 Å². The van der Waals surface area contributed by atoms with Gasteiger partial charge in [0, 0.05) is 24.2 Å². The molecule has 0 saturated carbocycles. The predicted octanol–water partition coefficient (Wildman–Crippen LogP) is 3.87. The Balaban J connectivity index is 2.42. The first kappa shape index (κ1) is 18.7. The first-order chi connectivity index (χ1) is 10.2. The molecule has 6 heteroatoms. The van der Waals surface area contributed by atoms with E-state index < -0.39 is 11.7 Å². The molecule has 0 aliphatic carbocycles. The van der Waals surface area contributed by atoms with Crippen LogP contribution in [0.2, 0.25) is 5.02 Å². The van der Waals surface area contributed by atoms with E-state index in [1.807, 2.05) is 27.7 Å². The molecule has 4 nitrogen and oxygen atoms in total. The summed E-state index contributed by atoms with van der Waals surface area (Å²) in [6.07, 6.45) is 0.325. The van der Waals surface area contributed by atoms with Gasteiger partial charge in [-0.1, -0.05) is 18.5 Å². The second-order valence-corrected chi connectivity index (χ2v) is 6.60. The van der Waals surface area contributed by atoms with Gasteiger partial charge in [-0.2, -0.15) is 0 Å². The Labute approximate surface area is 136 Å². The third kappa shape index (κ3) is 7.61. The minimum Gasteiger partial charge on any atom is -0.444 e. The number of carbonyl (C=O) groups excluding carboxylic acids is 1. The molecular weight excluding hydrogens is 307 g/mol. The van der Waals surface area contributed by atoms with Gasteiger partial charge in [-0.15, -0.1) is 0 Å². The molecule has 1 atom stereocenters. The third-order valence-corrected chi connectivity index (χ3v) is 3.07. The van der Waals surface area contributed by atoms with E-state index in [2.05, 4.69) is 10.6 Å². The fourth-order valence-corrected chi connectivity index (χ4v) is 2.12. The average Bonchev–Trinajstić information content (AvgIpc) is 2.34. The van der Waals surface area contributed by atoms with Gasteiger partial charge in [0.05, 0.1) is 0 Å². The first-order valence-electron chi connectivity index (χ1n) is 7.35. The van der Waals surface area contributed by atoms with Crippen molar-refractivity contribution >= 4 is 17.7 Å². The minimum atomic E-state index is -0.520. The van der Waals surface area contributed by atoms with Crippen LogP contribution in [-0.4, -0.2) is 24.3 Å². The lowest BCUT2D eigenvalue weighted by molar-refractivity contribution is 0.0502. The van der Waals surface area contributed by atoms with Crippen LogP contribution in [0.15, 0.2) is 18.2 Å². The Bertz CT molecular complexity index is 483. The number of nitrogens with one attached hydrogen (secondary N) is 2. The van der Waals surface area contributed by atoms with E-state index in [0.717, 1.165) is 12.0 Å². The number of benzene rings is 1. The Morgan fingerprint density at radius 3 is 2.59 bits per heavy atom. The van der Waals surface area contributed by atoms with Gasteiger partial charge in [-0.25, -0.2) is 9.18 Å². The van der Waals surface area contributed by atoms with E-state index in [1.54, 1.807) is 6.07 Å². The van der Waals surface area contributed by atoms with Crippen LogP contribution in [-0.2, 0) is 11.3 Å². The number of rotatable bonds is 6. The predicted molar refractivity (Wildman–Crippen MR) is 86.6 cm³/mol. The summed E-state index contributed by atoms with van der Waals surface area (Å²) in [6.45, 7) is 8.47. The van der Waals surface area contributed by atoms with Crippen molar-refractivity contribution in [3.05, 3.63) is 34.6 Å². The molecule has 22 heavy (non-hydrogen) atoms. The average molecular weight is 331 g/mol. The normalized spacial score (nSPS) is 12.8. The van der Waals surface area contributed by atoms with Crippen molar-refractivity contribution in [2.24, 2.45) is 0 Å². The van der Waals surface area contributed by atoms with Gasteiger partial charge in [0.1, 0.15) is 11.4 Å². The Morgan fingerprint density at radius 1 is 1.36 bits per heavy atom. The number of amides is 1. The second kappa shape index (κ2) is 8.34. The zero-order chi connectivity index (χ0) is 16.8. The van der Waals surface area contributed by atoms with E-state index in [0.29, 0.717) is 18.1 Å². The van der Waals surface area contributed by atoms with Gasteiger partial charge < -0.3 is 15.4 Å². The van der Waals surface area contributed by atoms with Crippen molar-refractivity contribution in [2.75, 3.05) is 6.54 Å². The maximum atomic E-state index is 13.2. The number of ether oxygens (including phenoxy) is 1. The molecule has 0 heterocycles. The van der Waals surface area contributed by atoms with Gasteiger partial charge >= 0.3 is 6.09 Å². The standard InChI is InChI=1S/C16H24ClFN2O2/c1-5-14(20-15(21)22-16(2,3)4)10-19-9-11-6-12(17)8-13(18)7-11/h6-8,14,19H,5,9-10H2,1-4H3,(H,20,21). The molecule has 0 saturated heterocycles. The number of hydrogen-bond donors (Lipinski definition) is 2. The third-order valence-electron chi connectivity index (χ3n) is 2.86. The van der Waals surface area contributed by atoms with Crippen molar-refractivity contribution in [1.82, 2.24) is 10.6 Å². The van der Waals surface area contributed by atoms with Crippen LogP contribution in [0.3, 0.4) is 0 Å². The molecule has 0 aromatic heterocycles. The zero-order valence-corrected chi connectivity index (χ0v) is 14.3. The molecule has 1 amide bonds. The molecule has 0 aliphatic heterocycles. The van der Waals surface area contributed by atoms with Gasteiger partial charge in [0.25, 0.3) is 0 Å². The maximum absolute atomic E-state index is 13.2. The quantitative estimate of drug-likeness (QED) is 0.832. The van der Waals surface area contributed by atoms with Crippen LogP contribution in [0.5, 0.6) is 0 Å². The van der Waals surface area contributed by atoms with E-state index in [-0.39, 0.29) is 11.9 Å². The van der Waals surface area contributed by atoms with Crippen LogP contribution in [0, 0.1) is 5.82 Å². The fraction of sp³-hybridized carbons (Fsp3) is 0.562. The number of hydrogen-bond acceptors (Lipinski definition) is 3. The van der Waals surface area contributed by atoms with E-state index >= 15 is 0 Å². The molecule has 2 N–H and O–H groups in total. The van der Waals surface area contributed by atoms with E-state index in [1.165, 1.54) is 12.1 Å². The molecule has 0 radical (unpaired) electrons. The second-order valence-electron chi connectivity index (χ2n) is 6.16. The van der Waals surface area contributed by atoms with E-state index in [9.17, 15) is 9.18 Å². The molecule has 1 unspecified atom stereocenters. The largest absolute Gasteiger partial charge is 0.444 e. The molecule has 0 spiro atoms. The van der Waals surface area contributed by atoms with Gasteiger partial charge in [0.15, 0.2) is 0 Å². The lowest BCUT2D eigenvalue weighted by Gasteiger charge is -2.23. The SMILES string of the molecule is CCC(CNCc1cc(F)cc(Cl)c1)NC(=O)OC(C)(C)C. The molecule has 1 aromatic rings. The molecule has 124 valence electrons. The Morgan fingerprint density at radius 2 is 2.05 bits per heavy atom. The summed E-state index contributed by atoms with van der Waals surface area (Å²) >= 11 is 5.81. The minimum absolute atomic E-state index is 0.0566. The van der Waals surface area contributed by atoms with Crippen LogP contribution in [0.1, 0.15) is 39.7 Å². The van der Waals surface area contributed by atoms with Crippen LogP contribution in [0.25, 0.3) is 0 Å². The molecule has 1 rings (SSSR count). The molecule has 0 fully saturated rings. The fourth-order valence-electron chi connectivity index (χ4n) is 1.88. The number of carbonyl (C=O) groups is 1. The lowest BCUT2D eigenvalue weighted by atomic mass is 10.2. The summed E-state index contributed by atoms with van der Waals surface area (Å²) in [5, 5.41) is 6.36. The highest BCUT2D eigenvalue weighted by atomic mass is 35.5. The van der Waals surface area contributed by atoms with Crippen molar-refractivity contribution in [3.8, 4) is 0 Å². The first-order valence-corrected chi connectivity index (χ1v) is 7.72. The molecule has 0 aliphatic rings. The van der Waals surface area contributed by atoms with Gasteiger partial charge in [-0.3, -0.25) is 0 Å². The smallest absolute Gasteiger partial charge is 0.407 e. The highest BCUT2D eigenvalue weighted by molar-refractivity contribution is 6.30. The Kier molecular flexibility index (Phi) is 7.10. The summed E-state index contributed by atoms with van der Waals surface area (Å²) in [5.74, 6) is -0.358. The van der Waals surface area contributed by atoms with Crippen molar-refractivity contribution in [1.29, 1.82) is 0 Å². The zero-order valence-electron chi connectivity index (χ0n) is 13.5. The van der Waals surface area contributed by atoms with Gasteiger partial charge in [0.2, 0.25) is 0 Å². The molecule has 0 bridgehead atoms. The van der Waals surface area contributed by atoms with Crippen LogP contribution < -0.4 is 10.6 Å². The summed E-state index contributed by atoms with van der Waals surface area (Å²) < 4.78 is 18.4.